The van der Waals surface area contributed by atoms with Crippen molar-refractivity contribution < 1.29 is 13.2 Å². The molecule has 0 saturated carbocycles. The molecule has 1 N–H and O–H groups in total. The predicted octanol–water partition coefficient (Wildman–Crippen LogP) is 3.05. The smallest absolute Gasteiger partial charge is 0.244 e. The van der Waals surface area contributed by atoms with Gasteiger partial charge in [0.25, 0.3) is 0 Å². The lowest BCUT2D eigenvalue weighted by molar-refractivity contribution is -0.120. The molecule has 1 aliphatic rings. The number of sulfonamides is 1. The Kier molecular flexibility index (Phi) is 7.09. The number of carbonyl (C=O) groups is 1. The fourth-order valence-electron chi connectivity index (χ4n) is 3.01. The Hall–Kier alpha value is -1.90. The molecule has 28 heavy (non-hydrogen) atoms. The molecule has 2 aromatic rings. The first-order chi connectivity index (χ1) is 13.5. The number of rotatable bonds is 7. The topological polar surface area (TPSA) is 79.4 Å². The van der Waals surface area contributed by atoms with Crippen LogP contribution >= 0.6 is 11.8 Å². The van der Waals surface area contributed by atoms with Crippen molar-refractivity contribution in [3.63, 3.8) is 0 Å². The predicted molar refractivity (Wildman–Crippen MR) is 110 cm³/mol. The minimum Gasteiger partial charge on any atom is -0.351 e. The van der Waals surface area contributed by atoms with E-state index in [1.54, 1.807) is 12.1 Å². The van der Waals surface area contributed by atoms with Crippen LogP contribution in [0.15, 0.2) is 58.6 Å². The Labute approximate surface area is 170 Å². The summed E-state index contributed by atoms with van der Waals surface area (Å²) in [5.41, 5.74) is 1.04. The van der Waals surface area contributed by atoms with Gasteiger partial charge < -0.3 is 5.32 Å². The number of aromatic nitrogens is 1. The fourth-order valence-corrected chi connectivity index (χ4v) is 5.28. The molecular weight excluding hydrogens is 394 g/mol. The van der Waals surface area contributed by atoms with Crippen LogP contribution in [0.4, 0.5) is 0 Å². The minimum absolute atomic E-state index is 0.0827. The molecule has 0 aliphatic carbocycles. The van der Waals surface area contributed by atoms with E-state index in [-0.39, 0.29) is 16.1 Å². The van der Waals surface area contributed by atoms with E-state index in [0.29, 0.717) is 24.7 Å². The van der Waals surface area contributed by atoms with E-state index in [9.17, 15) is 13.2 Å². The molecule has 1 fully saturated rings. The number of nitrogens with zero attached hydrogens (tertiary/aromatic N) is 2. The van der Waals surface area contributed by atoms with E-state index in [4.69, 9.17) is 0 Å². The van der Waals surface area contributed by atoms with Gasteiger partial charge in [0, 0.05) is 25.8 Å². The van der Waals surface area contributed by atoms with Gasteiger partial charge in [-0.15, -0.1) is 0 Å². The molecule has 1 saturated heterocycles. The third kappa shape index (κ3) is 5.33. The third-order valence-electron chi connectivity index (χ3n) is 4.64. The molecule has 2 heterocycles. The number of piperidine rings is 1. The van der Waals surface area contributed by atoms with Gasteiger partial charge in [-0.25, -0.2) is 13.4 Å². The zero-order valence-electron chi connectivity index (χ0n) is 15.9. The van der Waals surface area contributed by atoms with Crippen LogP contribution < -0.4 is 5.32 Å². The van der Waals surface area contributed by atoms with E-state index in [1.807, 2.05) is 37.3 Å². The summed E-state index contributed by atoms with van der Waals surface area (Å²) in [5.74, 6) is -0.0827. The number of hydrogen-bond acceptors (Lipinski definition) is 5. The van der Waals surface area contributed by atoms with Crippen molar-refractivity contribution in [2.45, 2.75) is 47.9 Å². The van der Waals surface area contributed by atoms with Crippen molar-refractivity contribution in [2.24, 2.45) is 0 Å². The number of hydrogen-bond donors (Lipinski definition) is 1. The van der Waals surface area contributed by atoms with E-state index < -0.39 is 10.0 Å². The lowest BCUT2D eigenvalue weighted by atomic mass is 10.2. The minimum atomic E-state index is -3.48. The van der Waals surface area contributed by atoms with Crippen molar-refractivity contribution in [2.75, 3.05) is 13.1 Å². The number of amides is 1. The van der Waals surface area contributed by atoms with Crippen LogP contribution in [-0.4, -0.2) is 42.0 Å². The summed E-state index contributed by atoms with van der Waals surface area (Å²) in [6, 6.07) is 13.0. The molecule has 8 heteroatoms. The maximum atomic E-state index is 12.7. The van der Waals surface area contributed by atoms with Crippen LogP contribution in [0.5, 0.6) is 0 Å². The van der Waals surface area contributed by atoms with Crippen LogP contribution in [0, 0.1) is 0 Å². The highest BCUT2D eigenvalue weighted by atomic mass is 32.2. The summed E-state index contributed by atoms with van der Waals surface area (Å²) < 4.78 is 26.9. The summed E-state index contributed by atoms with van der Waals surface area (Å²) in [6.07, 6.45) is 4.26. The van der Waals surface area contributed by atoms with Crippen molar-refractivity contribution in [1.29, 1.82) is 0 Å². The molecule has 3 rings (SSSR count). The summed E-state index contributed by atoms with van der Waals surface area (Å²) in [6.45, 7) is 3.42. The summed E-state index contributed by atoms with van der Waals surface area (Å²) in [7, 11) is -3.48. The Bertz CT molecular complexity index is 881. The van der Waals surface area contributed by atoms with Crippen LogP contribution in [0.25, 0.3) is 0 Å². The van der Waals surface area contributed by atoms with Crippen LogP contribution in [0.2, 0.25) is 0 Å². The second-order valence-corrected chi connectivity index (χ2v) is 10.1. The molecule has 0 radical (unpaired) electrons. The van der Waals surface area contributed by atoms with E-state index >= 15 is 0 Å². The molecule has 0 bridgehead atoms. The molecule has 1 aromatic heterocycles. The van der Waals surface area contributed by atoms with Gasteiger partial charge >= 0.3 is 0 Å². The van der Waals surface area contributed by atoms with Gasteiger partial charge in [0.05, 0.1) is 10.3 Å². The summed E-state index contributed by atoms with van der Waals surface area (Å²) in [4.78, 5) is 16.8. The average molecular weight is 420 g/mol. The quantitative estimate of drug-likeness (QED) is 0.698. The Morgan fingerprint density at radius 2 is 1.86 bits per heavy atom. The van der Waals surface area contributed by atoms with Crippen molar-refractivity contribution in [1.82, 2.24) is 14.6 Å². The molecule has 1 atom stereocenters. The largest absolute Gasteiger partial charge is 0.351 e. The van der Waals surface area contributed by atoms with Gasteiger partial charge in [-0.1, -0.05) is 48.5 Å². The highest BCUT2D eigenvalue weighted by Crippen LogP contribution is 2.24. The third-order valence-corrected chi connectivity index (χ3v) is 7.57. The summed E-state index contributed by atoms with van der Waals surface area (Å²) in [5, 5.41) is 3.20. The van der Waals surface area contributed by atoms with E-state index in [1.165, 1.54) is 22.3 Å². The maximum Gasteiger partial charge on any atom is 0.244 e. The van der Waals surface area contributed by atoms with Gasteiger partial charge in [0.2, 0.25) is 15.9 Å². The van der Waals surface area contributed by atoms with Crippen molar-refractivity contribution in [3.05, 3.63) is 54.2 Å². The van der Waals surface area contributed by atoms with Gasteiger partial charge in [-0.05, 0) is 37.5 Å². The number of thioether (sulfide) groups is 1. The van der Waals surface area contributed by atoms with Crippen molar-refractivity contribution >= 4 is 27.7 Å². The Morgan fingerprint density at radius 3 is 2.50 bits per heavy atom. The zero-order chi connectivity index (χ0) is 20.0. The normalized spacial score (nSPS) is 16.5. The molecule has 0 spiro atoms. The average Bonchev–Trinajstić information content (AvgIpc) is 2.73. The summed E-state index contributed by atoms with van der Waals surface area (Å²) >= 11 is 1.31. The second-order valence-electron chi connectivity index (χ2n) is 6.76. The highest BCUT2D eigenvalue weighted by molar-refractivity contribution is 8.00. The number of pyridine rings is 1. The number of carbonyl (C=O) groups excluding carboxylic acids is 1. The first kappa shape index (κ1) is 20.8. The number of benzene rings is 1. The van der Waals surface area contributed by atoms with Crippen molar-refractivity contribution in [3.8, 4) is 0 Å². The Balaban J connectivity index is 1.56. The molecule has 1 aromatic carbocycles. The van der Waals surface area contributed by atoms with Gasteiger partial charge in [0.15, 0.2) is 0 Å². The molecule has 1 aliphatic heterocycles. The monoisotopic (exact) mass is 419 g/mol. The standard InChI is InChI=1S/C20H25N3O3S2/c1-16(20(24)22-14-17-8-4-2-5-9-17)27-19-11-10-18(15-21-19)28(25,26)23-12-6-3-7-13-23/h2,4-5,8-11,15-16H,3,6-7,12-14H2,1H3,(H,22,24)/t16-/m1/s1. The molecule has 1 amide bonds. The van der Waals surface area contributed by atoms with Crippen LogP contribution in [0.1, 0.15) is 31.7 Å². The Morgan fingerprint density at radius 1 is 1.14 bits per heavy atom. The van der Waals surface area contributed by atoms with Gasteiger partial charge in [-0.2, -0.15) is 4.31 Å². The first-order valence-electron chi connectivity index (χ1n) is 9.41. The van der Waals surface area contributed by atoms with Crippen LogP contribution in [0.3, 0.4) is 0 Å². The fraction of sp³-hybridized carbons (Fsp3) is 0.400. The number of nitrogens with one attached hydrogen (secondary N) is 1. The highest BCUT2D eigenvalue weighted by Gasteiger charge is 2.26. The van der Waals surface area contributed by atoms with Gasteiger partial charge in [-0.3, -0.25) is 4.79 Å². The van der Waals surface area contributed by atoms with Crippen LogP contribution in [-0.2, 0) is 21.4 Å². The molecule has 6 nitrogen and oxygen atoms in total. The van der Waals surface area contributed by atoms with Gasteiger partial charge in [0.1, 0.15) is 4.90 Å². The zero-order valence-corrected chi connectivity index (χ0v) is 17.5. The maximum absolute atomic E-state index is 12.7. The lowest BCUT2D eigenvalue weighted by Gasteiger charge is -2.25. The molecule has 0 unspecified atom stereocenters. The lowest BCUT2D eigenvalue weighted by Crippen LogP contribution is -2.35. The first-order valence-corrected chi connectivity index (χ1v) is 11.7. The second kappa shape index (κ2) is 9.54. The SMILES string of the molecule is C[C@@H](Sc1ccc(S(=O)(=O)N2CCCCC2)cn1)C(=O)NCc1ccccc1. The molecular formula is C20H25N3O3S2. The van der Waals surface area contributed by atoms with E-state index in [0.717, 1.165) is 24.8 Å². The molecule has 150 valence electrons. The van der Waals surface area contributed by atoms with E-state index in [2.05, 4.69) is 10.3 Å².